The number of benzene rings is 3. The molecular formula is C26H28N4O3. The van der Waals surface area contributed by atoms with Crippen molar-refractivity contribution >= 4 is 23.3 Å². The Hall–Kier alpha value is -3.84. The zero-order valence-corrected chi connectivity index (χ0v) is 18.4. The number of nitrogens with one attached hydrogen (secondary N) is 2. The smallest absolute Gasteiger partial charge is 0.323 e. The molecule has 4 rings (SSSR count). The third-order valence-corrected chi connectivity index (χ3v) is 5.50. The van der Waals surface area contributed by atoms with E-state index in [1.165, 1.54) is 0 Å². The Morgan fingerprint density at radius 2 is 1.30 bits per heavy atom. The van der Waals surface area contributed by atoms with Crippen LogP contribution in [0.5, 0.6) is 5.75 Å². The number of nitrogens with zero attached hydrogens (tertiary/aromatic N) is 2. The summed E-state index contributed by atoms with van der Waals surface area (Å²) in [7, 11) is 0. The molecule has 7 heteroatoms. The van der Waals surface area contributed by atoms with E-state index in [1.807, 2.05) is 65.6 Å². The quantitative estimate of drug-likeness (QED) is 0.574. The standard InChI is InChI=1S/C26H28N4O3/c31-25(30-17-15-29(16-18-30)19-20-33-24-9-5-2-6-10-24)21-11-13-23(14-12-21)28-26(32)27-22-7-3-1-4-8-22/h1-14H,15-20H2,(H2,27,28,32). The molecule has 2 N–H and O–H groups in total. The monoisotopic (exact) mass is 444 g/mol. The third-order valence-electron chi connectivity index (χ3n) is 5.50. The van der Waals surface area contributed by atoms with Crippen molar-refractivity contribution in [2.24, 2.45) is 0 Å². The van der Waals surface area contributed by atoms with Gasteiger partial charge in [-0.15, -0.1) is 0 Å². The molecule has 3 aromatic carbocycles. The van der Waals surface area contributed by atoms with Crippen molar-refractivity contribution < 1.29 is 14.3 Å². The predicted molar refractivity (Wildman–Crippen MR) is 130 cm³/mol. The second-order valence-electron chi connectivity index (χ2n) is 7.82. The lowest BCUT2D eigenvalue weighted by atomic mass is 10.1. The molecule has 3 amide bonds. The first kappa shape index (κ1) is 22.4. The number of hydrogen-bond donors (Lipinski definition) is 2. The first-order chi connectivity index (χ1) is 16.2. The molecule has 1 aliphatic heterocycles. The molecule has 33 heavy (non-hydrogen) atoms. The maximum atomic E-state index is 12.9. The second-order valence-corrected chi connectivity index (χ2v) is 7.82. The molecule has 1 saturated heterocycles. The van der Waals surface area contributed by atoms with Crippen molar-refractivity contribution in [1.29, 1.82) is 0 Å². The van der Waals surface area contributed by atoms with Crippen LogP contribution in [0.15, 0.2) is 84.9 Å². The first-order valence-electron chi connectivity index (χ1n) is 11.1. The summed E-state index contributed by atoms with van der Waals surface area (Å²) in [5.41, 5.74) is 1.96. The van der Waals surface area contributed by atoms with Crippen LogP contribution in [-0.2, 0) is 0 Å². The van der Waals surface area contributed by atoms with Gasteiger partial charge in [-0.05, 0) is 48.5 Å². The van der Waals surface area contributed by atoms with E-state index in [0.29, 0.717) is 36.6 Å². The van der Waals surface area contributed by atoms with E-state index in [0.717, 1.165) is 25.4 Å². The fraction of sp³-hybridized carbons (Fsp3) is 0.231. The third kappa shape index (κ3) is 6.57. The van der Waals surface area contributed by atoms with Crippen LogP contribution >= 0.6 is 0 Å². The number of urea groups is 1. The Balaban J connectivity index is 1.20. The number of para-hydroxylation sites is 2. The maximum absolute atomic E-state index is 12.9. The zero-order chi connectivity index (χ0) is 22.9. The van der Waals surface area contributed by atoms with Crippen molar-refractivity contribution in [1.82, 2.24) is 9.80 Å². The molecule has 0 bridgehead atoms. The van der Waals surface area contributed by atoms with Crippen molar-refractivity contribution in [3.63, 3.8) is 0 Å². The average molecular weight is 445 g/mol. The minimum absolute atomic E-state index is 0.00970. The highest BCUT2D eigenvalue weighted by atomic mass is 16.5. The molecule has 0 aromatic heterocycles. The first-order valence-corrected chi connectivity index (χ1v) is 11.1. The van der Waals surface area contributed by atoms with Gasteiger partial charge in [0, 0.05) is 49.7 Å². The molecule has 0 saturated carbocycles. The molecule has 1 aliphatic rings. The molecule has 1 fully saturated rings. The van der Waals surface area contributed by atoms with Crippen LogP contribution in [0, 0.1) is 0 Å². The van der Waals surface area contributed by atoms with Gasteiger partial charge in [0.2, 0.25) is 0 Å². The molecule has 0 atom stereocenters. The minimum atomic E-state index is -0.326. The molecule has 0 aliphatic carbocycles. The van der Waals surface area contributed by atoms with E-state index < -0.39 is 0 Å². The summed E-state index contributed by atoms with van der Waals surface area (Å²) < 4.78 is 5.77. The zero-order valence-electron chi connectivity index (χ0n) is 18.4. The molecule has 0 radical (unpaired) electrons. The molecule has 1 heterocycles. The van der Waals surface area contributed by atoms with Gasteiger partial charge >= 0.3 is 6.03 Å². The van der Waals surface area contributed by atoms with E-state index in [2.05, 4.69) is 15.5 Å². The van der Waals surface area contributed by atoms with E-state index >= 15 is 0 Å². The Morgan fingerprint density at radius 1 is 0.727 bits per heavy atom. The number of piperazine rings is 1. The van der Waals surface area contributed by atoms with E-state index in [1.54, 1.807) is 24.3 Å². The normalized spacial score (nSPS) is 13.9. The van der Waals surface area contributed by atoms with Crippen LogP contribution in [0.3, 0.4) is 0 Å². The Kier molecular flexibility index (Phi) is 7.56. The van der Waals surface area contributed by atoms with Gasteiger partial charge in [-0.1, -0.05) is 36.4 Å². The van der Waals surface area contributed by atoms with Gasteiger partial charge in [-0.25, -0.2) is 4.79 Å². The van der Waals surface area contributed by atoms with Gasteiger partial charge in [0.15, 0.2) is 0 Å². The molecule has 0 unspecified atom stereocenters. The lowest BCUT2D eigenvalue weighted by Gasteiger charge is -2.34. The van der Waals surface area contributed by atoms with Crippen molar-refractivity contribution in [2.45, 2.75) is 0 Å². The van der Waals surface area contributed by atoms with Crippen molar-refractivity contribution in [3.8, 4) is 5.75 Å². The number of hydrogen-bond acceptors (Lipinski definition) is 4. The van der Waals surface area contributed by atoms with Gasteiger partial charge in [0.05, 0.1) is 0 Å². The Labute approximate surface area is 194 Å². The minimum Gasteiger partial charge on any atom is -0.492 e. The summed E-state index contributed by atoms with van der Waals surface area (Å²) >= 11 is 0. The van der Waals surface area contributed by atoms with Gasteiger partial charge in [-0.3, -0.25) is 9.69 Å². The maximum Gasteiger partial charge on any atom is 0.323 e. The molecule has 0 spiro atoms. The van der Waals surface area contributed by atoms with Crippen molar-refractivity contribution in [3.05, 3.63) is 90.5 Å². The van der Waals surface area contributed by atoms with Crippen LogP contribution in [0.2, 0.25) is 0 Å². The van der Waals surface area contributed by atoms with E-state index in [4.69, 9.17) is 4.74 Å². The Morgan fingerprint density at radius 3 is 1.94 bits per heavy atom. The lowest BCUT2D eigenvalue weighted by Crippen LogP contribution is -2.49. The number of rotatable bonds is 7. The largest absolute Gasteiger partial charge is 0.492 e. The molecule has 170 valence electrons. The number of anilines is 2. The van der Waals surface area contributed by atoms with Gasteiger partial charge in [0.25, 0.3) is 5.91 Å². The van der Waals surface area contributed by atoms with Crippen LogP contribution in [-0.4, -0.2) is 61.1 Å². The molecule has 7 nitrogen and oxygen atoms in total. The summed E-state index contributed by atoms with van der Waals surface area (Å²) in [6.45, 7) is 4.48. The molecular weight excluding hydrogens is 416 g/mol. The highest BCUT2D eigenvalue weighted by Gasteiger charge is 2.22. The van der Waals surface area contributed by atoms with Crippen molar-refractivity contribution in [2.75, 3.05) is 50.0 Å². The number of carbonyl (C=O) groups excluding carboxylic acids is 2. The second kappa shape index (κ2) is 11.2. The van der Waals surface area contributed by atoms with E-state index in [-0.39, 0.29) is 11.9 Å². The molecule has 3 aromatic rings. The number of amides is 3. The van der Waals surface area contributed by atoms with Crippen LogP contribution in [0.25, 0.3) is 0 Å². The lowest BCUT2D eigenvalue weighted by molar-refractivity contribution is 0.0620. The predicted octanol–water partition coefficient (Wildman–Crippen LogP) is 4.17. The highest BCUT2D eigenvalue weighted by molar-refractivity contribution is 6.00. The summed E-state index contributed by atoms with van der Waals surface area (Å²) in [6, 6.07) is 25.7. The number of ether oxygens (including phenoxy) is 1. The summed E-state index contributed by atoms with van der Waals surface area (Å²) in [5, 5.41) is 5.55. The summed E-state index contributed by atoms with van der Waals surface area (Å²) in [4.78, 5) is 29.2. The summed E-state index contributed by atoms with van der Waals surface area (Å²) in [6.07, 6.45) is 0. The fourth-order valence-corrected chi connectivity index (χ4v) is 3.68. The average Bonchev–Trinajstić information content (AvgIpc) is 2.86. The van der Waals surface area contributed by atoms with Crippen LogP contribution in [0.1, 0.15) is 10.4 Å². The van der Waals surface area contributed by atoms with Gasteiger partial charge < -0.3 is 20.3 Å². The fourth-order valence-electron chi connectivity index (χ4n) is 3.68. The van der Waals surface area contributed by atoms with Crippen LogP contribution in [0.4, 0.5) is 16.2 Å². The van der Waals surface area contributed by atoms with E-state index in [9.17, 15) is 9.59 Å². The Bertz CT molecular complexity index is 1030. The van der Waals surface area contributed by atoms with Gasteiger partial charge in [-0.2, -0.15) is 0 Å². The topological polar surface area (TPSA) is 73.9 Å². The summed E-state index contributed by atoms with van der Waals surface area (Å²) in [5.74, 6) is 0.886. The highest BCUT2D eigenvalue weighted by Crippen LogP contribution is 2.14. The van der Waals surface area contributed by atoms with Crippen LogP contribution < -0.4 is 15.4 Å². The number of carbonyl (C=O) groups is 2. The van der Waals surface area contributed by atoms with Gasteiger partial charge in [0.1, 0.15) is 12.4 Å². The SMILES string of the molecule is O=C(Nc1ccccc1)Nc1ccc(C(=O)N2CCN(CCOc3ccccc3)CC2)cc1.